The minimum atomic E-state index is -0.760. The van der Waals surface area contributed by atoms with E-state index in [2.05, 4.69) is 15.7 Å². The molecule has 8 heteroatoms. The Labute approximate surface area is 159 Å². The van der Waals surface area contributed by atoms with Gasteiger partial charge in [0.15, 0.2) is 5.69 Å². The monoisotopic (exact) mass is 375 g/mol. The molecule has 2 rings (SSSR count). The Bertz CT molecular complexity index is 794. The Balaban J connectivity index is 2.31. The van der Waals surface area contributed by atoms with Crippen molar-refractivity contribution in [3.05, 3.63) is 30.0 Å². The maximum atomic E-state index is 12.9. The van der Waals surface area contributed by atoms with Gasteiger partial charge in [-0.15, -0.1) is 0 Å². The van der Waals surface area contributed by atoms with Gasteiger partial charge in [0.25, 0.3) is 5.91 Å². The molecule has 0 aliphatic heterocycles. The van der Waals surface area contributed by atoms with Crippen LogP contribution in [0.3, 0.4) is 0 Å². The van der Waals surface area contributed by atoms with Crippen LogP contribution in [-0.2, 0) is 11.3 Å². The number of aliphatic hydroxyl groups is 1. The van der Waals surface area contributed by atoms with Gasteiger partial charge < -0.3 is 21.5 Å². The highest BCUT2D eigenvalue weighted by molar-refractivity contribution is 6.06. The highest BCUT2D eigenvalue weighted by atomic mass is 16.3. The molecule has 27 heavy (non-hydrogen) atoms. The number of rotatable bonds is 8. The SMILES string of the molecule is CC(C)(C)C(NC(=O)c1nn(CCCN)c2ccccc12)C(=O)NCCO. The zero-order chi connectivity index (χ0) is 20.0. The molecule has 0 aliphatic carbocycles. The van der Waals surface area contributed by atoms with Crippen LogP contribution in [0.4, 0.5) is 0 Å². The summed E-state index contributed by atoms with van der Waals surface area (Å²) in [6.07, 6.45) is 0.751. The number of amides is 2. The van der Waals surface area contributed by atoms with Gasteiger partial charge in [-0.2, -0.15) is 5.10 Å². The Kier molecular flexibility index (Phi) is 6.92. The van der Waals surface area contributed by atoms with Gasteiger partial charge in [-0.3, -0.25) is 14.3 Å². The summed E-state index contributed by atoms with van der Waals surface area (Å²) in [6, 6.07) is 6.73. The number of carbonyl (C=O) groups is 2. The van der Waals surface area contributed by atoms with Gasteiger partial charge >= 0.3 is 0 Å². The van der Waals surface area contributed by atoms with Crippen LogP contribution >= 0.6 is 0 Å². The maximum Gasteiger partial charge on any atom is 0.273 e. The van der Waals surface area contributed by atoms with Crippen molar-refractivity contribution < 1.29 is 14.7 Å². The number of hydrogen-bond donors (Lipinski definition) is 4. The maximum absolute atomic E-state index is 12.9. The number of para-hydroxylation sites is 1. The van der Waals surface area contributed by atoms with Crippen molar-refractivity contribution in [2.45, 2.75) is 39.8 Å². The Morgan fingerprint density at radius 1 is 1.30 bits per heavy atom. The lowest BCUT2D eigenvalue weighted by Crippen LogP contribution is -2.54. The van der Waals surface area contributed by atoms with Gasteiger partial charge in [-0.25, -0.2) is 0 Å². The number of aliphatic hydroxyl groups excluding tert-OH is 1. The molecule has 0 saturated carbocycles. The lowest BCUT2D eigenvalue weighted by molar-refractivity contribution is -0.125. The van der Waals surface area contributed by atoms with Crippen molar-refractivity contribution in [3.8, 4) is 0 Å². The largest absolute Gasteiger partial charge is 0.395 e. The van der Waals surface area contributed by atoms with Crippen molar-refractivity contribution in [2.75, 3.05) is 19.7 Å². The molecule has 8 nitrogen and oxygen atoms in total. The average Bonchev–Trinajstić information content (AvgIpc) is 3.00. The van der Waals surface area contributed by atoms with E-state index in [0.29, 0.717) is 13.1 Å². The number of fused-ring (bicyclic) bond motifs is 1. The topological polar surface area (TPSA) is 122 Å². The molecule has 0 aliphatic rings. The highest BCUT2D eigenvalue weighted by Crippen LogP contribution is 2.22. The van der Waals surface area contributed by atoms with Crippen LogP contribution in [0.15, 0.2) is 24.3 Å². The minimum Gasteiger partial charge on any atom is -0.395 e. The van der Waals surface area contributed by atoms with Crippen molar-refractivity contribution in [2.24, 2.45) is 11.1 Å². The second kappa shape index (κ2) is 8.96. The molecule has 1 aromatic heterocycles. The first kappa shape index (κ1) is 20.9. The summed E-state index contributed by atoms with van der Waals surface area (Å²) < 4.78 is 1.77. The smallest absolute Gasteiger partial charge is 0.273 e. The summed E-state index contributed by atoms with van der Waals surface area (Å²) in [5, 5.41) is 19.6. The molecular formula is C19H29N5O3. The number of carbonyl (C=O) groups excluding carboxylic acids is 2. The van der Waals surface area contributed by atoms with E-state index >= 15 is 0 Å². The Morgan fingerprint density at radius 3 is 2.63 bits per heavy atom. The number of benzene rings is 1. The third-order valence-corrected chi connectivity index (χ3v) is 4.26. The van der Waals surface area contributed by atoms with Gasteiger partial charge in [0.1, 0.15) is 6.04 Å². The first-order chi connectivity index (χ1) is 12.8. The summed E-state index contributed by atoms with van der Waals surface area (Å²) >= 11 is 0. The fourth-order valence-electron chi connectivity index (χ4n) is 2.86. The molecule has 0 spiro atoms. The molecule has 5 N–H and O–H groups in total. The number of hydrogen-bond acceptors (Lipinski definition) is 5. The summed E-state index contributed by atoms with van der Waals surface area (Å²) in [5.74, 6) is -0.742. The molecule has 2 aromatic rings. The average molecular weight is 375 g/mol. The van der Waals surface area contributed by atoms with Crippen molar-refractivity contribution in [3.63, 3.8) is 0 Å². The molecule has 0 fully saturated rings. The lowest BCUT2D eigenvalue weighted by atomic mass is 9.86. The number of aryl methyl sites for hydroxylation is 1. The van der Waals surface area contributed by atoms with Crippen molar-refractivity contribution in [1.82, 2.24) is 20.4 Å². The summed E-state index contributed by atoms with van der Waals surface area (Å²) in [5.41, 5.74) is 6.22. The van der Waals surface area contributed by atoms with Crippen LogP contribution in [0.25, 0.3) is 10.9 Å². The molecule has 1 aromatic carbocycles. The van der Waals surface area contributed by atoms with Gasteiger partial charge in [0, 0.05) is 18.5 Å². The quantitative estimate of drug-likeness (QED) is 0.539. The van der Waals surface area contributed by atoms with E-state index < -0.39 is 17.4 Å². The molecule has 1 unspecified atom stereocenters. The van der Waals surface area contributed by atoms with Crippen LogP contribution in [-0.4, -0.2) is 52.4 Å². The summed E-state index contributed by atoms with van der Waals surface area (Å²) in [6.45, 7) is 6.73. The first-order valence-corrected chi connectivity index (χ1v) is 9.14. The Morgan fingerprint density at radius 2 is 2.00 bits per heavy atom. The van der Waals surface area contributed by atoms with Crippen LogP contribution < -0.4 is 16.4 Å². The number of aromatic nitrogens is 2. The molecule has 1 heterocycles. The molecule has 0 bridgehead atoms. The van der Waals surface area contributed by atoms with Crippen LogP contribution in [0.2, 0.25) is 0 Å². The van der Waals surface area contributed by atoms with Gasteiger partial charge in [-0.1, -0.05) is 39.0 Å². The third-order valence-electron chi connectivity index (χ3n) is 4.26. The highest BCUT2D eigenvalue weighted by Gasteiger charge is 2.33. The zero-order valence-electron chi connectivity index (χ0n) is 16.2. The number of nitrogens with zero attached hydrogens (tertiary/aromatic N) is 2. The van der Waals surface area contributed by atoms with Crippen molar-refractivity contribution in [1.29, 1.82) is 0 Å². The van der Waals surface area contributed by atoms with Gasteiger partial charge in [-0.05, 0) is 24.4 Å². The standard InChI is InChI=1S/C19H29N5O3/c1-19(2,3)16(18(27)21-10-12-25)22-17(26)15-13-7-4-5-8-14(13)24(23-15)11-6-9-20/h4-5,7-8,16,25H,6,9-12,20H2,1-3H3,(H,21,27)(H,22,26). The van der Waals surface area contributed by atoms with E-state index in [9.17, 15) is 9.59 Å². The molecule has 0 saturated heterocycles. The van der Waals surface area contributed by atoms with E-state index in [1.165, 1.54) is 0 Å². The minimum absolute atomic E-state index is 0.137. The Hall–Kier alpha value is -2.45. The molecule has 2 amide bonds. The lowest BCUT2D eigenvalue weighted by Gasteiger charge is -2.30. The van der Waals surface area contributed by atoms with E-state index in [0.717, 1.165) is 17.3 Å². The number of nitrogens with one attached hydrogen (secondary N) is 2. The van der Waals surface area contributed by atoms with Gasteiger partial charge in [0.2, 0.25) is 5.91 Å². The predicted molar refractivity (Wildman–Crippen MR) is 104 cm³/mol. The second-order valence-corrected chi connectivity index (χ2v) is 7.52. The van der Waals surface area contributed by atoms with Crippen LogP contribution in [0.1, 0.15) is 37.7 Å². The third kappa shape index (κ3) is 5.05. The van der Waals surface area contributed by atoms with E-state index in [-0.39, 0.29) is 24.8 Å². The predicted octanol–water partition coefficient (Wildman–Crippen LogP) is 0.638. The second-order valence-electron chi connectivity index (χ2n) is 7.52. The first-order valence-electron chi connectivity index (χ1n) is 9.14. The molecule has 1 atom stereocenters. The van der Waals surface area contributed by atoms with E-state index in [1.54, 1.807) is 4.68 Å². The normalized spacial score (nSPS) is 12.8. The van der Waals surface area contributed by atoms with Crippen molar-refractivity contribution >= 4 is 22.7 Å². The molecule has 148 valence electrons. The van der Waals surface area contributed by atoms with Gasteiger partial charge in [0.05, 0.1) is 12.1 Å². The fraction of sp³-hybridized carbons (Fsp3) is 0.526. The molecular weight excluding hydrogens is 346 g/mol. The summed E-state index contributed by atoms with van der Waals surface area (Å²) in [7, 11) is 0. The zero-order valence-corrected chi connectivity index (χ0v) is 16.2. The molecule has 0 radical (unpaired) electrons. The van der Waals surface area contributed by atoms with E-state index in [1.807, 2.05) is 45.0 Å². The summed E-state index contributed by atoms with van der Waals surface area (Å²) in [4.78, 5) is 25.4. The fourth-order valence-corrected chi connectivity index (χ4v) is 2.86. The van der Waals surface area contributed by atoms with Crippen LogP contribution in [0, 0.1) is 5.41 Å². The van der Waals surface area contributed by atoms with Crippen LogP contribution in [0.5, 0.6) is 0 Å². The number of nitrogens with two attached hydrogens (primary N) is 1. The van der Waals surface area contributed by atoms with E-state index in [4.69, 9.17) is 10.8 Å².